The van der Waals surface area contributed by atoms with E-state index in [-0.39, 0.29) is 12.2 Å². The minimum Gasteiger partial charge on any atom is -0.480 e. The summed E-state index contributed by atoms with van der Waals surface area (Å²) in [6, 6.07) is -1.88. The zero-order valence-electron chi connectivity index (χ0n) is 11.4. The van der Waals surface area contributed by atoms with Crippen molar-refractivity contribution in [1.82, 2.24) is 15.6 Å². The maximum Gasteiger partial charge on any atom is 0.326 e. The molecule has 0 bridgehead atoms. The second-order valence-corrected chi connectivity index (χ2v) is 7.42. The van der Waals surface area contributed by atoms with Crippen LogP contribution in [0.3, 0.4) is 0 Å². The number of amides is 2. The van der Waals surface area contributed by atoms with Gasteiger partial charge in [-0.1, -0.05) is 0 Å². The molecule has 0 radical (unpaired) electrons. The molecule has 10 heteroatoms. The highest BCUT2D eigenvalue weighted by Crippen LogP contribution is 2.01. The number of hydrogen-bond donors (Lipinski definition) is 3. The Labute approximate surface area is 126 Å². The first-order chi connectivity index (χ1) is 9.78. The summed E-state index contributed by atoms with van der Waals surface area (Å²) in [5.41, 5.74) is 2.52. The predicted octanol–water partition coefficient (Wildman–Crippen LogP) is -0.127. The summed E-state index contributed by atoms with van der Waals surface area (Å²) >= 11 is 1.45. The van der Waals surface area contributed by atoms with E-state index >= 15 is 0 Å². The van der Waals surface area contributed by atoms with Gasteiger partial charge in [-0.05, 0) is 6.42 Å². The number of carbonyl (C=O) groups is 2. The third-order valence-corrected chi connectivity index (χ3v) is 4.14. The molecule has 118 valence electrons. The normalized spacial score (nSPS) is 12.6. The molecule has 1 rings (SSSR count). The molecule has 1 unspecified atom stereocenters. The molecule has 8 nitrogen and oxygen atoms in total. The number of carboxylic acid groups (broad SMARTS) is 1. The van der Waals surface area contributed by atoms with Gasteiger partial charge in [-0.15, -0.1) is 11.3 Å². The van der Waals surface area contributed by atoms with Crippen LogP contribution in [0.5, 0.6) is 0 Å². The molecular weight excluding hydrogens is 318 g/mol. The summed E-state index contributed by atoms with van der Waals surface area (Å²) in [4.78, 5) is 26.6. The molecule has 3 N–H and O–H groups in total. The Bertz CT molecular complexity index is 571. The molecule has 1 heterocycles. The van der Waals surface area contributed by atoms with Gasteiger partial charge < -0.3 is 15.7 Å². The van der Waals surface area contributed by atoms with Crippen LogP contribution in [0.1, 0.15) is 12.1 Å². The molecule has 1 aromatic heterocycles. The van der Waals surface area contributed by atoms with Crippen molar-refractivity contribution in [2.75, 3.05) is 18.6 Å². The van der Waals surface area contributed by atoms with Gasteiger partial charge in [-0.25, -0.2) is 23.0 Å². The lowest BCUT2D eigenvalue weighted by Gasteiger charge is -2.14. The van der Waals surface area contributed by atoms with Crippen molar-refractivity contribution in [3.8, 4) is 0 Å². The summed E-state index contributed by atoms with van der Waals surface area (Å²) in [5, 5.41) is 15.5. The molecule has 0 fully saturated rings. The first-order valence-corrected chi connectivity index (χ1v) is 9.10. The topological polar surface area (TPSA) is 125 Å². The van der Waals surface area contributed by atoms with Gasteiger partial charge in [0.1, 0.15) is 15.9 Å². The summed E-state index contributed by atoms with van der Waals surface area (Å²) in [6.45, 7) is 0.313. The lowest BCUT2D eigenvalue weighted by Crippen LogP contribution is -2.47. The van der Waals surface area contributed by atoms with E-state index in [9.17, 15) is 18.0 Å². The van der Waals surface area contributed by atoms with Gasteiger partial charge in [0.25, 0.3) is 0 Å². The Morgan fingerprint density at radius 2 is 2.19 bits per heavy atom. The molecule has 21 heavy (non-hydrogen) atoms. The van der Waals surface area contributed by atoms with E-state index in [0.29, 0.717) is 13.0 Å². The number of rotatable bonds is 8. The van der Waals surface area contributed by atoms with E-state index in [4.69, 9.17) is 5.11 Å². The molecule has 2 amide bonds. The van der Waals surface area contributed by atoms with Gasteiger partial charge in [-0.3, -0.25) is 0 Å². The molecular formula is C11H17N3O5S2. The quantitative estimate of drug-likeness (QED) is 0.608. The Morgan fingerprint density at radius 1 is 1.48 bits per heavy atom. The number of aromatic nitrogens is 1. The van der Waals surface area contributed by atoms with Crippen molar-refractivity contribution in [2.24, 2.45) is 0 Å². The van der Waals surface area contributed by atoms with Crippen LogP contribution >= 0.6 is 11.3 Å². The van der Waals surface area contributed by atoms with Gasteiger partial charge in [0, 0.05) is 24.6 Å². The van der Waals surface area contributed by atoms with Crippen molar-refractivity contribution in [3.63, 3.8) is 0 Å². The van der Waals surface area contributed by atoms with Gasteiger partial charge in [0.15, 0.2) is 0 Å². The summed E-state index contributed by atoms with van der Waals surface area (Å²) in [5.74, 6) is -1.57. The van der Waals surface area contributed by atoms with Crippen molar-refractivity contribution >= 4 is 33.2 Å². The number of urea groups is 1. The number of nitrogens with one attached hydrogen (secondary N) is 2. The van der Waals surface area contributed by atoms with Crippen LogP contribution in [-0.2, 0) is 21.1 Å². The van der Waals surface area contributed by atoms with E-state index in [1.807, 2.05) is 5.38 Å². The number of hydrogen-bond acceptors (Lipinski definition) is 6. The smallest absolute Gasteiger partial charge is 0.326 e. The van der Waals surface area contributed by atoms with Crippen molar-refractivity contribution < 1.29 is 23.1 Å². The van der Waals surface area contributed by atoms with Crippen LogP contribution in [0.4, 0.5) is 4.79 Å². The molecule has 1 aromatic rings. The molecule has 1 atom stereocenters. The third-order valence-electron chi connectivity index (χ3n) is 2.53. The lowest BCUT2D eigenvalue weighted by molar-refractivity contribution is -0.139. The van der Waals surface area contributed by atoms with E-state index in [2.05, 4.69) is 15.6 Å². The van der Waals surface area contributed by atoms with Gasteiger partial charge in [-0.2, -0.15) is 0 Å². The highest BCUT2D eigenvalue weighted by Gasteiger charge is 2.21. The van der Waals surface area contributed by atoms with Crippen LogP contribution < -0.4 is 10.6 Å². The maximum absolute atomic E-state index is 11.6. The van der Waals surface area contributed by atoms with Crippen LogP contribution in [0.15, 0.2) is 10.9 Å². The van der Waals surface area contributed by atoms with Crippen LogP contribution in [0.2, 0.25) is 0 Å². The highest BCUT2D eigenvalue weighted by atomic mass is 32.2. The minimum atomic E-state index is -3.28. The van der Waals surface area contributed by atoms with Gasteiger partial charge in [0.2, 0.25) is 0 Å². The van der Waals surface area contributed by atoms with Crippen LogP contribution in [-0.4, -0.2) is 55.1 Å². The standard InChI is InChI=1S/C11H17N3O5S2/c1-21(18,19)5-3-9(10(15)16)14-11(17)12-4-2-8-6-20-7-13-8/h6-7,9H,2-5H2,1H3,(H,15,16)(H2,12,14,17). The summed E-state index contributed by atoms with van der Waals surface area (Å²) < 4.78 is 22.0. The fourth-order valence-electron chi connectivity index (χ4n) is 1.46. The number of carboxylic acids is 1. The molecule has 0 aliphatic heterocycles. The van der Waals surface area contributed by atoms with Gasteiger partial charge >= 0.3 is 12.0 Å². The molecule has 0 aromatic carbocycles. The van der Waals surface area contributed by atoms with Crippen molar-refractivity contribution in [2.45, 2.75) is 18.9 Å². The second-order valence-electron chi connectivity index (χ2n) is 4.44. The zero-order valence-corrected chi connectivity index (χ0v) is 13.0. The average molecular weight is 335 g/mol. The third kappa shape index (κ3) is 7.61. The Morgan fingerprint density at radius 3 is 2.71 bits per heavy atom. The molecule has 0 saturated heterocycles. The summed E-state index contributed by atoms with van der Waals surface area (Å²) in [7, 11) is -3.28. The highest BCUT2D eigenvalue weighted by molar-refractivity contribution is 7.90. The fourth-order valence-corrected chi connectivity index (χ4v) is 2.72. The number of nitrogens with zero attached hydrogens (tertiary/aromatic N) is 1. The van der Waals surface area contributed by atoms with Gasteiger partial charge in [0.05, 0.1) is 17.0 Å². The first-order valence-electron chi connectivity index (χ1n) is 6.10. The minimum absolute atomic E-state index is 0.173. The molecule has 0 aliphatic rings. The van der Waals surface area contributed by atoms with Crippen molar-refractivity contribution in [3.05, 3.63) is 16.6 Å². The average Bonchev–Trinajstić information content (AvgIpc) is 2.86. The SMILES string of the molecule is CS(=O)(=O)CCC(NC(=O)NCCc1cscn1)C(=O)O. The first kappa shape index (κ1) is 17.4. The Balaban J connectivity index is 2.36. The number of sulfone groups is 1. The van der Waals surface area contributed by atoms with Crippen molar-refractivity contribution in [1.29, 1.82) is 0 Å². The fraction of sp³-hybridized carbons (Fsp3) is 0.545. The number of thiazole rings is 1. The predicted molar refractivity (Wildman–Crippen MR) is 78.1 cm³/mol. The molecule has 0 aliphatic carbocycles. The monoisotopic (exact) mass is 335 g/mol. The van der Waals surface area contributed by atoms with Crippen LogP contribution in [0, 0.1) is 0 Å². The molecule has 0 saturated carbocycles. The second kappa shape index (κ2) is 7.93. The van der Waals surface area contributed by atoms with E-state index < -0.39 is 27.9 Å². The number of carbonyl (C=O) groups excluding carboxylic acids is 1. The zero-order chi connectivity index (χ0) is 15.9. The lowest BCUT2D eigenvalue weighted by atomic mass is 10.2. The van der Waals surface area contributed by atoms with E-state index in [1.165, 1.54) is 11.3 Å². The van der Waals surface area contributed by atoms with Crippen LogP contribution in [0.25, 0.3) is 0 Å². The van der Waals surface area contributed by atoms with E-state index in [0.717, 1.165) is 11.9 Å². The summed E-state index contributed by atoms with van der Waals surface area (Å²) in [6.07, 6.45) is 1.38. The molecule has 0 spiro atoms. The Hall–Kier alpha value is -1.68. The largest absolute Gasteiger partial charge is 0.480 e. The number of aliphatic carboxylic acids is 1. The maximum atomic E-state index is 11.6. The Kier molecular flexibility index (Phi) is 6.56. The van der Waals surface area contributed by atoms with E-state index in [1.54, 1.807) is 5.51 Å².